The van der Waals surface area contributed by atoms with Gasteiger partial charge < -0.3 is 10.5 Å². The lowest BCUT2D eigenvalue weighted by Crippen LogP contribution is -2.18. The van der Waals surface area contributed by atoms with Gasteiger partial charge in [-0.15, -0.1) is 13.2 Å². The van der Waals surface area contributed by atoms with Gasteiger partial charge in [0.05, 0.1) is 0 Å². The van der Waals surface area contributed by atoms with Gasteiger partial charge in [0, 0.05) is 6.54 Å². The van der Waals surface area contributed by atoms with Gasteiger partial charge in [-0.3, -0.25) is 0 Å². The standard InChI is InChI=1S/C8H7F4NO/c9-6-3-5(4-13)1-2-7(6)14-8(10,11)12/h1-3H,4,13H2. The third kappa shape index (κ3) is 2.88. The van der Waals surface area contributed by atoms with Crippen molar-refractivity contribution in [3.8, 4) is 5.75 Å². The van der Waals surface area contributed by atoms with Crippen molar-refractivity contribution in [1.82, 2.24) is 0 Å². The fourth-order valence-corrected chi connectivity index (χ4v) is 0.879. The van der Waals surface area contributed by atoms with Crippen LogP contribution >= 0.6 is 0 Å². The molecule has 0 aliphatic carbocycles. The quantitative estimate of drug-likeness (QED) is 0.757. The predicted molar refractivity (Wildman–Crippen MR) is 41.0 cm³/mol. The van der Waals surface area contributed by atoms with E-state index in [1.807, 2.05) is 0 Å². The zero-order valence-corrected chi connectivity index (χ0v) is 6.94. The van der Waals surface area contributed by atoms with Crippen molar-refractivity contribution in [2.24, 2.45) is 5.73 Å². The molecule has 0 heterocycles. The van der Waals surface area contributed by atoms with E-state index < -0.39 is 17.9 Å². The second-order valence-electron chi connectivity index (χ2n) is 2.52. The Morgan fingerprint density at radius 2 is 1.93 bits per heavy atom. The Labute approximate surface area is 77.3 Å². The lowest BCUT2D eigenvalue weighted by Gasteiger charge is -2.09. The molecule has 0 atom stereocenters. The van der Waals surface area contributed by atoms with E-state index in [1.54, 1.807) is 0 Å². The van der Waals surface area contributed by atoms with E-state index >= 15 is 0 Å². The first kappa shape index (κ1) is 10.8. The van der Waals surface area contributed by atoms with Crippen molar-refractivity contribution in [2.45, 2.75) is 12.9 Å². The minimum atomic E-state index is -4.88. The molecule has 0 aromatic heterocycles. The molecule has 0 fully saturated rings. The van der Waals surface area contributed by atoms with Crippen LogP contribution in [-0.2, 0) is 6.54 Å². The van der Waals surface area contributed by atoms with Crippen molar-refractivity contribution in [3.63, 3.8) is 0 Å². The summed E-state index contributed by atoms with van der Waals surface area (Å²) in [6.45, 7) is 0.0587. The highest BCUT2D eigenvalue weighted by atomic mass is 19.4. The van der Waals surface area contributed by atoms with Gasteiger partial charge in [0.1, 0.15) is 0 Å². The first-order valence-corrected chi connectivity index (χ1v) is 3.66. The molecule has 0 unspecified atom stereocenters. The molecule has 78 valence electrons. The summed E-state index contributed by atoms with van der Waals surface area (Å²) in [7, 11) is 0. The summed E-state index contributed by atoms with van der Waals surface area (Å²) in [5, 5.41) is 0. The molecule has 0 saturated carbocycles. The van der Waals surface area contributed by atoms with E-state index in [1.165, 1.54) is 6.07 Å². The van der Waals surface area contributed by atoms with Gasteiger partial charge in [-0.05, 0) is 17.7 Å². The van der Waals surface area contributed by atoms with Crippen LogP contribution in [0.3, 0.4) is 0 Å². The topological polar surface area (TPSA) is 35.2 Å². The molecule has 0 amide bonds. The first-order chi connectivity index (χ1) is 6.42. The number of alkyl halides is 3. The van der Waals surface area contributed by atoms with Crippen LogP contribution in [0.2, 0.25) is 0 Å². The number of nitrogens with two attached hydrogens (primary N) is 1. The molecular formula is C8H7F4NO. The van der Waals surface area contributed by atoms with Crippen molar-refractivity contribution < 1.29 is 22.3 Å². The SMILES string of the molecule is NCc1ccc(OC(F)(F)F)c(F)c1. The molecule has 0 radical (unpaired) electrons. The fraction of sp³-hybridized carbons (Fsp3) is 0.250. The summed E-state index contributed by atoms with van der Waals surface area (Å²) >= 11 is 0. The van der Waals surface area contributed by atoms with E-state index in [0.717, 1.165) is 12.1 Å². The highest BCUT2D eigenvalue weighted by molar-refractivity contribution is 5.29. The molecule has 0 aliphatic rings. The van der Waals surface area contributed by atoms with Crippen molar-refractivity contribution in [1.29, 1.82) is 0 Å². The summed E-state index contributed by atoms with van der Waals surface area (Å²) in [5.74, 6) is -1.93. The van der Waals surface area contributed by atoms with Gasteiger partial charge >= 0.3 is 6.36 Å². The van der Waals surface area contributed by atoms with Crippen LogP contribution in [0.5, 0.6) is 5.75 Å². The number of benzene rings is 1. The number of hydrogen-bond donors (Lipinski definition) is 1. The highest BCUT2D eigenvalue weighted by Crippen LogP contribution is 2.25. The van der Waals surface area contributed by atoms with Crippen LogP contribution in [0.15, 0.2) is 18.2 Å². The smallest absolute Gasteiger partial charge is 0.403 e. The lowest BCUT2D eigenvalue weighted by atomic mass is 10.2. The van der Waals surface area contributed by atoms with Crippen molar-refractivity contribution in [3.05, 3.63) is 29.6 Å². The maximum atomic E-state index is 12.9. The van der Waals surface area contributed by atoms with E-state index in [4.69, 9.17) is 5.73 Å². The Morgan fingerprint density at radius 3 is 2.36 bits per heavy atom. The third-order valence-electron chi connectivity index (χ3n) is 1.46. The molecule has 14 heavy (non-hydrogen) atoms. The third-order valence-corrected chi connectivity index (χ3v) is 1.46. The normalized spacial score (nSPS) is 11.5. The van der Waals surface area contributed by atoms with E-state index in [-0.39, 0.29) is 6.54 Å². The number of halogens is 4. The molecule has 0 spiro atoms. The second-order valence-corrected chi connectivity index (χ2v) is 2.52. The summed E-state index contributed by atoms with van der Waals surface area (Å²) < 4.78 is 51.4. The van der Waals surface area contributed by atoms with Crippen LogP contribution in [0, 0.1) is 5.82 Å². The maximum absolute atomic E-state index is 12.9. The second kappa shape index (κ2) is 3.83. The molecule has 1 aromatic rings. The molecule has 0 bridgehead atoms. The Bertz CT molecular complexity index is 324. The Morgan fingerprint density at radius 1 is 1.29 bits per heavy atom. The van der Waals surface area contributed by atoms with E-state index in [0.29, 0.717) is 5.56 Å². The van der Waals surface area contributed by atoms with E-state index in [9.17, 15) is 17.6 Å². The van der Waals surface area contributed by atoms with Gasteiger partial charge in [0.15, 0.2) is 11.6 Å². The maximum Gasteiger partial charge on any atom is 0.573 e. The van der Waals surface area contributed by atoms with Crippen LogP contribution < -0.4 is 10.5 Å². The van der Waals surface area contributed by atoms with Gasteiger partial charge in [-0.1, -0.05) is 6.07 Å². The van der Waals surface area contributed by atoms with Crippen LogP contribution in [0.25, 0.3) is 0 Å². The monoisotopic (exact) mass is 209 g/mol. The molecular weight excluding hydrogens is 202 g/mol. The van der Waals surface area contributed by atoms with E-state index in [2.05, 4.69) is 4.74 Å². The number of hydrogen-bond acceptors (Lipinski definition) is 2. The zero-order valence-electron chi connectivity index (χ0n) is 6.94. The number of ether oxygens (including phenoxy) is 1. The first-order valence-electron chi connectivity index (χ1n) is 3.66. The molecule has 1 aromatic carbocycles. The van der Waals surface area contributed by atoms with Crippen LogP contribution in [0.4, 0.5) is 17.6 Å². The average molecular weight is 209 g/mol. The van der Waals surface area contributed by atoms with Gasteiger partial charge in [0.25, 0.3) is 0 Å². The summed E-state index contributed by atoms with van der Waals surface area (Å²) in [4.78, 5) is 0. The molecule has 0 aliphatic heterocycles. The molecule has 6 heteroatoms. The largest absolute Gasteiger partial charge is 0.573 e. The average Bonchev–Trinajstić information content (AvgIpc) is 2.06. The Balaban J connectivity index is 2.89. The van der Waals surface area contributed by atoms with Crippen LogP contribution in [0.1, 0.15) is 5.56 Å². The van der Waals surface area contributed by atoms with Crippen molar-refractivity contribution in [2.75, 3.05) is 0 Å². The van der Waals surface area contributed by atoms with Gasteiger partial charge in [0.2, 0.25) is 0 Å². The number of rotatable bonds is 2. The summed E-state index contributed by atoms with van der Waals surface area (Å²) in [6.07, 6.45) is -4.88. The summed E-state index contributed by atoms with van der Waals surface area (Å²) in [5.41, 5.74) is 5.57. The molecule has 0 saturated heterocycles. The Kier molecular flexibility index (Phi) is 2.95. The Hall–Kier alpha value is -1.30. The van der Waals surface area contributed by atoms with Crippen LogP contribution in [-0.4, -0.2) is 6.36 Å². The fourth-order valence-electron chi connectivity index (χ4n) is 0.879. The van der Waals surface area contributed by atoms with Gasteiger partial charge in [-0.25, -0.2) is 4.39 Å². The summed E-state index contributed by atoms with van der Waals surface area (Å²) in [6, 6.07) is 3.07. The lowest BCUT2D eigenvalue weighted by molar-refractivity contribution is -0.275. The minimum absolute atomic E-state index is 0.0587. The molecule has 2 nitrogen and oxygen atoms in total. The predicted octanol–water partition coefficient (Wildman–Crippen LogP) is 2.18. The van der Waals surface area contributed by atoms with Gasteiger partial charge in [-0.2, -0.15) is 0 Å². The molecule has 1 rings (SSSR count). The zero-order chi connectivity index (χ0) is 10.8. The minimum Gasteiger partial charge on any atom is -0.403 e. The molecule has 2 N–H and O–H groups in total. The highest BCUT2D eigenvalue weighted by Gasteiger charge is 2.32. The van der Waals surface area contributed by atoms with Crippen molar-refractivity contribution >= 4 is 0 Å².